The van der Waals surface area contributed by atoms with Gasteiger partial charge in [0, 0.05) is 23.1 Å². The van der Waals surface area contributed by atoms with Crippen molar-refractivity contribution in [3.8, 4) is 17.0 Å². The highest BCUT2D eigenvalue weighted by atomic mass is 16.5. The van der Waals surface area contributed by atoms with E-state index in [0.717, 1.165) is 33.7 Å². The Morgan fingerprint density at radius 1 is 1.07 bits per heavy atom. The molecule has 0 bridgehead atoms. The number of hydrogen-bond acceptors (Lipinski definition) is 4. The molecule has 2 aromatic carbocycles. The van der Waals surface area contributed by atoms with Crippen LogP contribution < -0.4 is 10.1 Å². The van der Waals surface area contributed by atoms with E-state index >= 15 is 0 Å². The number of nitrogens with one attached hydrogen (secondary N) is 1. The van der Waals surface area contributed by atoms with Gasteiger partial charge in [0.25, 0.3) is 0 Å². The van der Waals surface area contributed by atoms with Gasteiger partial charge in [-0.05, 0) is 54.1 Å². The first kappa shape index (κ1) is 18.3. The number of methoxy groups -OCH3 is 1. The number of hydrogen-bond donors (Lipinski definition) is 2. The van der Waals surface area contributed by atoms with E-state index in [0.29, 0.717) is 19.6 Å². The topological polar surface area (TPSA) is 59.6 Å². The highest BCUT2D eigenvalue weighted by Gasteiger charge is 2.14. The molecular formula is C23H24N2O3. The molecule has 0 amide bonds. The third-order valence-corrected chi connectivity index (χ3v) is 4.85. The maximum absolute atomic E-state index is 10.6. The lowest BCUT2D eigenvalue weighted by Gasteiger charge is -2.16. The molecule has 0 spiro atoms. The first-order valence-electron chi connectivity index (χ1n) is 9.38. The average molecular weight is 376 g/mol. The molecule has 28 heavy (non-hydrogen) atoms. The minimum atomic E-state index is -0.525. The van der Waals surface area contributed by atoms with Gasteiger partial charge in [-0.25, -0.2) is 0 Å². The SMILES string of the molecule is COc1ccc(-c2cc3ccccc3n2C[C@@H](O)CNCc2ccco2)cc1. The van der Waals surface area contributed by atoms with Gasteiger partial charge in [0.05, 0.1) is 32.6 Å². The first-order chi connectivity index (χ1) is 13.7. The van der Waals surface area contributed by atoms with Crippen LogP contribution in [0.25, 0.3) is 22.2 Å². The number of aliphatic hydroxyl groups excluding tert-OH is 1. The minimum absolute atomic E-state index is 0.481. The number of nitrogens with zero attached hydrogens (tertiary/aromatic N) is 1. The maximum Gasteiger partial charge on any atom is 0.118 e. The van der Waals surface area contributed by atoms with Crippen LogP contribution in [-0.4, -0.2) is 29.4 Å². The summed E-state index contributed by atoms with van der Waals surface area (Å²) in [7, 11) is 1.66. The largest absolute Gasteiger partial charge is 0.497 e. The predicted molar refractivity (Wildman–Crippen MR) is 110 cm³/mol. The van der Waals surface area contributed by atoms with Crippen LogP contribution in [0.15, 0.2) is 77.4 Å². The number of benzene rings is 2. The normalized spacial score (nSPS) is 12.4. The number of furan rings is 1. The number of ether oxygens (including phenoxy) is 1. The summed E-state index contributed by atoms with van der Waals surface area (Å²) in [6.45, 7) is 1.58. The van der Waals surface area contributed by atoms with Gasteiger partial charge in [-0.3, -0.25) is 0 Å². The highest BCUT2D eigenvalue weighted by molar-refractivity contribution is 5.87. The summed E-state index contributed by atoms with van der Waals surface area (Å²) in [6, 6.07) is 22.2. The zero-order chi connectivity index (χ0) is 19.3. The molecule has 5 nitrogen and oxygen atoms in total. The molecule has 4 aromatic rings. The zero-order valence-electron chi connectivity index (χ0n) is 15.8. The number of para-hydroxylation sites is 1. The number of aromatic nitrogens is 1. The van der Waals surface area contributed by atoms with Crippen LogP contribution >= 0.6 is 0 Å². The van der Waals surface area contributed by atoms with Crippen molar-refractivity contribution in [2.24, 2.45) is 0 Å². The quantitative estimate of drug-likeness (QED) is 0.487. The lowest BCUT2D eigenvalue weighted by molar-refractivity contribution is 0.152. The van der Waals surface area contributed by atoms with Crippen molar-refractivity contribution in [3.05, 3.63) is 78.8 Å². The van der Waals surface area contributed by atoms with Crippen molar-refractivity contribution in [3.63, 3.8) is 0 Å². The Kier molecular flexibility index (Phi) is 5.46. The van der Waals surface area contributed by atoms with E-state index in [1.54, 1.807) is 13.4 Å². The summed E-state index contributed by atoms with van der Waals surface area (Å²) in [5, 5.41) is 15.0. The van der Waals surface area contributed by atoms with Crippen molar-refractivity contribution >= 4 is 10.9 Å². The molecule has 4 rings (SSSR count). The van der Waals surface area contributed by atoms with Gasteiger partial charge in [-0.1, -0.05) is 18.2 Å². The second-order valence-corrected chi connectivity index (χ2v) is 6.79. The third-order valence-electron chi connectivity index (χ3n) is 4.85. The standard InChI is InChI=1S/C23H24N2O3/c1-27-20-10-8-17(9-11-20)23-13-18-5-2-3-7-22(18)25(23)16-19(26)14-24-15-21-6-4-12-28-21/h2-13,19,24,26H,14-16H2,1H3/t19-/m0/s1. The fourth-order valence-corrected chi connectivity index (χ4v) is 3.46. The summed E-state index contributed by atoms with van der Waals surface area (Å²) in [4.78, 5) is 0. The summed E-state index contributed by atoms with van der Waals surface area (Å²) in [6.07, 6.45) is 1.13. The second-order valence-electron chi connectivity index (χ2n) is 6.79. The molecule has 0 unspecified atom stereocenters. The lowest BCUT2D eigenvalue weighted by Crippen LogP contribution is -2.30. The van der Waals surface area contributed by atoms with Gasteiger partial charge < -0.3 is 24.1 Å². The monoisotopic (exact) mass is 376 g/mol. The molecule has 0 aliphatic carbocycles. The summed E-state index contributed by atoms with van der Waals surface area (Å²) in [5.41, 5.74) is 3.28. The van der Waals surface area contributed by atoms with Crippen LogP contribution in [0.3, 0.4) is 0 Å². The molecular weight excluding hydrogens is 352 g/mol. The van der Waals surface area contributed by atoms with Crippen molar-refractivity contribution < 1.29 is 14.3 Å². The van der Waals surface area contributed by atoms with Crippen LogP contribution in [0.2, 0.25) is 0 Å². The van der Waals surface area contributed by atoms with E-state index < -0.39 is 6.10 Å². The first-order valence-corrected chi connectivity index (χ1v) is 9.38. The molecule has 0 aliphatic rings. The smallest absolute Gasteiger partial charge is 0.118 e. The number of fused-ring (bicyclic) bond motifs is 1. The van der Waals surface area contributed by atoms with Crippen LogP contribution in [0.1, 0.15) is 5.76 Å². The van der Waals surface area contributed by atoms with E-state index in [1.807, 2.05) is 48.5 Å². The molecule has 2 aromatic heterocycles. The summed E-state index contributed by atoms with van der Waals surface area (Å²) >= 11 is 0. The highest BCUT2D eigenvalue weighted by Crippen LogP contribution is 2.29. The Hall–Kier alpha value is -3.02. The molecule has 2 heterocycles. The second kappa shape index (κ2) is 8.33. The van der Waals surface area contributed by atoms with Crippen molar-refractivity contribution in [2.45, 2.75) is 19.2 Å². The average Bonchev–Trinajstić information content (AvgIpc) is 3.36. The molecule has 144 valence electrons. The van der Waals surface area contributed by atoms with Gasteiger partial charge in [0.15, 0.2) is 0 Å². The molecule has 5 heteroatoms. The number of aliphatic hydroxyl groups is 1. The summed E-state index contributed by atoms with van der Waals surface area (Å²) in [5.74, 6) is 1.69. The van der Waals surface area contributed by atoms with Crippen molar-refractivity contribution in [1.82, 2.24) is 9.88 Å². The van der Waals surface area contributed by atoms with E-state index in [9.17, 15) is 5.11 Å². The molecule has 0 saturated heterocycles. The number of rotatable bonds is 8. The maximum atomic E-state index is 10.6. The van der Waals surface area contributed by atoms with Crippen LogP contribution in [0, 0.1) is 0 Å². The van der Waals surface area contributed by atoms with E-state index in [-0.39, 0.29) is 0 Å². The van der Waals surface area contributed by atoms with Gasteiger partial charge in [-0.2, -0.15) is 0 Å². The van der Waals surface area contributed by atoms with Crippen molar-refractivity contribution in [1.29, 1.82) is 0 Å². The molecule has 2 N–H and O–H groups in total. The Morgan fingerprint density at radius 3 is 2.64 bits per heavy atom. The fourth-order valence-electron chi connectivity index (χ4n) is 3.46. The minimum Gasteiger partial charge on any atom is -0.497 e. The molecule has 0 aliphatic heterocycles. The third kappa shape index (κ3) is 3.96. The predicted octanol–water partition coefficient (Wildman–Crippen LogP) is 4.06. The Bertz CT molecular complexity index is 1020. The lowest BCUT2D eigenvalue weighted by atomic mass is 10.1. The van der Waals surface area contributed by atoms with Gasteiger partial charge in [-0.15, -0.1) is 0 Å². The van der Waals surface area contributed by atoms with Crippen LogP contribution in [0.4, 0.5) is 0 Å². The zero-order valence-corrected chi connectivity index (χ0v) is 15.8. The van der Waals surface area contributed by atoms with E-state index in [4.69, 9.17) is 9.15 Å². The summed E-state index contributed by atoms with van der Waals surface area (Å²) < 4.78 is 12.8. The Labute approximate surface area is 164 Å². The van der Waals surface area contributed by atoms with Crippen LogP contribution in [-0.2, 0) is 13.1 Å². The molecule has 0 fully saturated rings. The molecule has 0 saturated carbocycles. The Morgan fingerprint density at radius 2 is 1.89 bits per heavy atom. The molecule has 1 atom stereocenters. The molecule has 0 radical (unpaired) electrons. The Balaban J connectivity index is 1.55. The van der Waals surface area contributed by atoms with E-state index in [1.165, 1.54) is 0 Å². The van der Waals surface area contributed by atoms with Gasteiger partial charge in [0.2, 0.25) is 0 Å². The van der Waals surface area contributed by atoms with E-state index in [2.05, 4.69) is 28.1 Å². The fraction of sp³-hybridized carbons (Fsp3) is 0.217. The van der Waals surface area contributed by atoms with Gasteiger partial charge >= 0.3 is 0 Å². The van der Waals surface area contributed by atoms with Crippen molar-refractivity contribution in [2.75, 3.05) is 13.7 Å². The van der Waals surface area contributed by atoms with Gasteiger partial charge in [0.1, 0.15) is 11.5 Å². The van der Waals surface area contributed by atoms with Crippen LogP contribution in [0.5, 0.6) is 5.75 Å².